The maximum atomic E-state index is 8.49. The van der Waals surface area contributed by atoms with Crippen molar-refractivity contribution in [3.05, 3.63) is 41.2 Å². The molecule has 7 nitrogen and oxygen atoms in total. The summed E-state index contributed by atoms with van der Waals surface area (Å²) >= 11 is 0. The Labute approximate surface area is 161 Å². The van der Waals surface area contributed by atoms with Gasteiger partial charge in [-0.25, -0.2) is 23.1 Å². The highest BCUT2D eigenvalue weighted by Crippen LogP contribution is 2.38. The lowest BCUT2D eigenvalue weighted by Gasteiger charge is -2.17. The van der Waals surface area contributed by atoms with E-state index in [0.29, 0.717) is 13.2 Å². The van der Waals surface area contributed by atoms with Gasteiger partial charge in [0.1, 0.15) is 0 Å². The molecule has 1 aromatic heterocycles. The smallest absolute Gasteiger partial charge is 0.363 e. The Balaban J connectivity index is 0.000000465. The molecule has 0 fully saturated rings. The van der Waals surface area contributed by atoms with Gasteiger partial charge < -0.3 is 9.47 Å². The average Bonchev–Trinajstić information content (AvgIpc) is 2.61. The van der Waals surface area contributed by atoms with Crippen LogP contribution in [0.25, 0.3) is 11.1 Å². The summed E-state index contributed by atoms with van der Waals surface area (Å²) in [7, 11) is -4.94. The second kappa shape index (κ2) is 10.1. The van der Waals surface area contributed by atoms with E-state index in [2.05, 4.69) is 6.07 Å². The summed E-state index contributed by atoms with van der Waals surface area (Å²) in [6.45, 7) is 5.40. The molecule has 0 amide bonds. The van der Waals surface area contributed by atoms with E-state index in [1.807, 2.05) is 26.4 Å². The van der Waals surface area contributed by atoms with E-state index in [1.165, 1.54) is 35.1 Å². The number of hydrogen-bond donors (Lipinski definition) is 0. The summed E-state index contributed by atoms with van der Waals surface area (Å²) in [4.78, 5) is 0. The van der Waals surface area contributed by atoms with E-state index >= 15 is 0 Å². The van der Waals surface area contributed by atoms with Crippen LogP contribution < -0.4 is 18.6 Å². The van der Waals surface area contributed by atoms with Crippen molar-refractivity contribution in [1.82, 2.24) is 0 Å². The van der Waals surface area contributed by atoms with Gasteiger partial charge in [-0.2, -0.15) is 0 Å². The molecule has 150 valence electrons. The van der Waals surface area contributed by atoms with Crippen molar-refractivity contribution in [2.24, 2.45) is 0 Å². The average molecular weight is 401 g/mol. The van der Waals surface area contributed by atoms with Gasteiger partial charge in [-0.05, 0) is 58.4 Å². The Morgan fingerprint density at radius 1 is 0.852 bits per heavy atom. The molecule has 2 aliphatic carbocycles. The lowest BCUT2D eigenvalue weighted by molar-refractivity contribution is -2.00. The maximum Gasteiger partial charge on any atom is 0.363 e. The van der Waals surface area contributed by atoms with E-state index in [9.17, 15) is 0 Å². The zero-order chi connectivity index (χ0) is 19.9. The molecule has 27 heavy (non-hydrogen) atoms. The first-order valence-corrected chi connectivity index (χ1v) is 10.3. The first-order chi connectivity index (χ1) is 12.8. The Morgan fingerprint density at radius 3 is 1.63 bits per heavy atom. The van der Waals surface area contributed by atoms with Crippen molar-refractivity contribution in [3.8, 4) is 0 Å². The Hall–Kier alpha value is -1.64. The highest BCUT2D eigenvalue weighted by molar-refractivity contribution is 5.70. The number of aryl methyl sites for hydroxylation is 2. The van der Waals surface area contributed by atoms with Crippen molar-refractivity contribution in [3.63, 3.8) is 0 Å². The molecule has 0 radical (unpaired) electrons. The predicted molar refractivity (Wildman–Crippen MR) is 88.2 cm³/mol. The lowest BCUT2D eigenvalue weighted by Crippen LogP contribution is -2.68. The molecule has 0 saturated carbocycles. The van der Waals surface area contributed by atoms with Crippen LogP contribution in [-0.4, -0.2) is 13.2 Å². The third kappa shape index (κ3) is 6.79. The van der Waals surface area contributed by atoms with Gasteiger partial charge in [0, 0.05) is 0 Å². The molecule has 0 aliphatic heterocycles. The predicted octanol–water partition coefficient (Wildman–Crippen LogP) is 0.232. The second-order valence-corrected chi connectivity index (χ2v) is 6.99. The van der Waals surface area contributed by atoms with Gasteiger partial charge in [0.15, 0.2) is 0 Å². The van der Waals surface area contributed by atoms with E-state index < -0.39 is 10.2 Å². The standard InChI is InChI=1S/C19H25O3.ClHO4/c1-3-20-12-16-9-5-7-14-11-15-8-6-10-17(13-21-4-2)19(15)22-18(14)16;2-1(3,4)5/h11-13H,3-10H2,1-2H3;(H,2,3,4,5)/q+1;/p-1/b16-12+,17-13+;. The summed E-state index contributed by atoms with van der Waals surface area (Å²) in [6.07, 6.45) is 10.3. The van der Waals surface area contributed by atoms with Crippen molar-refractivity contribution in [1.29, 1.82) is 0 Å². The van der Waals surface area contributed by atoms with Gasteiger partial charge in [-0.15, -0.1) is 10.2 Å². The monoisotopic (exact) mass is 400 g/mol. The van der Waals surface area contributed by atoms with Gasteiger partial charge in [0.2, 0.25) is 0 Å². The summed E-state index contributed by atoms with van der Waals surface area (Å²) in [6, 6.07) is 2.34. The molecule has 0 N–H and O–H groups in total. The summed E-state index contributed by atoms with van der Waals surface area (Å²) < 4.78 is 51.3. The van der Waals surface area contributed by atoms with Gasteiger partial charge in [-0.1, -0.05) is 0 Å². The van der Waals surface area contributed by atoms with E-state index in [-0.39, 0.29) is 0 Å². The first kappa shape index (κ1) is 21.7. The third-order valence-corrected chi connectivity index (χ3v) is 4.29. The van der Waals surface area contributed by atoms with Crippen LogP contribution in [0.15, 0.2) is 23.0 Å². The SMILES string of the molecule is CCO/C=C1\CCCc2cc3c([o+]c21)/C(=C/OCC)CCC3.[O-][Cl+3]([O-])([O-])[O-]. The van der Waals surface area contributed by atoms with Crippen LogP contribution in [0.3, 0.4) is 0 Å². The molecule has 1 aromatic rings. The normalized spacial score (nSPS) is 19.0. The highest BCUT2D eigenvalue weighted by Gasteiger charge is 2.33. The Bertz CT molecular complexity index is 637. The lowest BCUT2D eigenvalue weighted by atomic mass is 9.87. The minimum Gasteiger partial charge on any atom is -0.501 e. The summed E-state index contributed by atoms with van der Waals surface area (Å²) in [5.41, 5.74) is 5.03. The fourth-order valence-electron chi connectivity index (χ4n) is 3.25. The molecule has 0 atom stereocenters. The van der Waals surface area contributed by atoms with Crippen LogP contribution in [0.1, 0.15) is 62.2 Å². The minimum absolute atomic E-state index is 0.694. The highest BCUT2D eigenvalue weighted by atomic mass is 35.7. The third-order valence-electron chi connectivity index (χ3n) is 4.29. The van der Waals surface area contributed by atoms with Crippen LogP contribution in [-0.2, 0) is 22.3 Å². The zero-order valence-electron chi connectivity index (χ0n) is 15.6. The molecule has 2 aliphatic rings. The second-order valence-electron chi connectivity index (χ2n) is 6.24. The van der Waals surface area contributed by atoms with E-state index in [1.54, 1.807) is 0 Å². The van der Waals surface area contributed by atoms with Crippen molar-refractivity contribution < 1.29 is 42.8 Å². The molecule has 0 unspecified atom stereocenters. The Morgan fingerprint density at radius 2 is 1.26 bits per heavy atom. The van der Waals surface area contributed by atoms with E-state index in [4.69, 9.17) is 32.5 Å². The van der Waals surface area contributed by atoms with Crippen molar-refractivity contribution >= 4 is 11.1 Å². The van der Waals surface area contributed by atoms with Gasteiger partial charge in [-0.3, -0.25) is 0 Å². The molecule has 1 heterocycles. The van der Waals surface area contributed by atoms with Crippen molar-refractivity contribution in [2.45, 2.75) is 52.4 Å². The van der Waals surface area contributed by atoms with Crippen molar-refractivity contribution in [2.75, 3.05) is 13.2 Å². The molecule has 0 saturated heterocycles. The Kier molecular flexibility index (Phi) is 8.07. The molecule has 0 bridgehead atoms. The van der Waals surface area contributed by atoms with Gasteiger partial charge in [0.05, 0.1) is 48.0 Å². The quantitative estimate of drug-likeness (QED) is 0.523. The van der Waals surface area contributed by atoms with Gasteiger partial charge in [0.25, 0.3) is 0 Å². The minimum atomic E-state index is -4.94. The summed E-state index contributed by atoms with van der Waals surface area (Å²) in [5, 5.41) is 0. The van der Waals surface area contributed by atoms with Crippen LogP contribution in [0, 0.1) is 10.2 Å². The number of allylic oxidation sites excluding steroid dienone is 2. The molecular formula is C19H25ClO7. The summed E-state index contributed by atoms with van der Waals surface area (Å²) in [5.74, 6) is 2.03. The number of fused-ring (bicyclic) bond motifs is 2. The fraction of sp³-hybridized carbons (Fsp3) is 0.526. The number of rotatable bonds is 4. The fourth-order valence-corrected chi connectivity index (χ4v) is 3.25. The van der Waals surface area contributed by atoms with E-state index in [0.717, 1.165) is 37.2 Å². The number of ether oxygens (including phenoxy) is 2. The largest absolute Gasteiger partial charge is 0.501 e. The molecule has 3 rings (SSSR count). The molecule has 0 spiro atoms. The molecule has 0 aromatic carbocycles. The van der Waals surface area contributed by atoms with Crippen LogP contribution >= 0.6 is 0 Å². The molecule has 8 heteroatoms. The maximum absolute atomic E-state index is 8.49. The number of halogens is 1. The van der Waals surface area contributed by atoms with Crippen LogP contribution in [0.2, 0.25) is 0 Å². The first-order valence-electron chi connectivity index (χ1n) is 9.06. The molecular weight excluding hydrogens is 376 g/mol. The van der Waals surface area contributed by atoms with Crippen LogP contribution in [0.5, 0.6) is 0 Å². The van der Waals surface area contributed by atoms with Gasteiger partial charge >= 0.3 is 11.5 Å². The number of hydrogen-bond acceptors (Lipinski definition) is 6. The zero-order valence-corrected chi connectivity index (χ0v) is 16.4. The topological polar surface area (TPSA) is 122 Å². The van der Waals surface area contributed by atoms with Crippen LogP contribution in [0.4, 0.5) is 0 Å².